The van der Waals surface area contributed by atoms with E-state index in [9.17, 15) is 4.79 Å². The van der Waals surface area contributed by atoms with Crippen LogP contribution in [0, 0.1) is 3.57 Å². The van der Waals surface area contributed by atoms with Gasteiger partial charge in [-0.2, -0.15) is 5.10 Å². The van der Waals surface area contributed by atoms with Gasteiger partial charge in [0.15, 0.2) is 0 Å². The van der Waals surface area contributed by atoms with Crippen molar-refractivity contribution in [2.75, 3.05) is 7.11 Å². The molecule has 0 bridgehead atoms. The van der Waals surface area contributed by atoms with Gasteiger partial charge in [-0.05, 0) is 74.8 Å². The fourth-order valence-electron chi connectivity index (χ4n) is 3.24. The molecule has 0 heterocycles. The van der Waals surface area contributed by atoms with Gasteiger partial charge in [0.2, 0.25) is 0 Å². The van der Waals surface area contributed by atoms with E-state index in [1.807, 2.05) is 78.9 Å². The van der Waals surface area contributed by atoms with Crippen LogP contribution in [0.1, 0.15) is 21.5 Å². The predicted octanol–water partition coefficient (Wildman–Crippen LogP) is 5.80. The first kappa shape index (κ1) is 21.8. The smallest absolute Gasteiger partial charge is 0.275 e. The Morgan fingerprint density at radius 2 is 1.66 bits per heavy atom. The lowest BCUT2D eigenvalue weighted by molar-refractivity contribution is 0.0952. The van der Waals surface area contributed by atoms with E-state index in [1.165, 1.54) is 0 Å². The molecule has 0 fully saturated rings. The average Bonchev–Trinajstić information content (AvgIpc) is 2.83. The molecule has 5 nitrogen and oxygen atoms in total. The maximum absolute atomic E-state index is 12.7. The van der Waals surface area contributed by atoms with Crippen LogP contribution in [0.25, 0.3) is 10.8 Å². The fraction of sp³-hybridized carbons (Fsp3) is 0.0769. The molecule has 0 saturated carbocycles. The molecule has 0 atom stereocenters. The van der Waals surface area contributed by atoms with Crippen LogP contribution in [0.5, 0.6) is 11.5 Å². The van der Waals surface area contributed by atoms with E-state index >= 15 is 0 Å². The molecule has 4 aromatic carbocycles. The highest BCUT2D eigenvalue weighted by molar-refractivity contribution is 14.1. The molecule has 0 unspecified atom stereocenters. The monoisotopic (exact) mass is 536 g/mol. The van der Waals surface area contributed by atoms with Crippen molar-refractivity contribution in [1.29, 1.82) is 0 Å². The highest BCUT2D eigenvalue weighted by Gasteiger charge is 2.13. The molecule has 0 spiro atoms. The normalized spacial score (nSPS) is 10.9. The molecule has 0 aliphatic heterocycles. The van der Waals surface area contributed by atoms with Crippen LogP contribution in [-0.4, -0.2) is 19.2 Å². The number of carbonyl (C=O) groups excluding carboxylic acids is 1. The van der Waals surface area contributed by atoms with Gasteiger partial charge in [-0.15, -0.1) is 0 Å². The first-order valence-electron chi connectivity index (χ1n) is 10.0. The number of halogens is 1. The van der Waals surface area contributed by atoms with Crippen LogP contribution in [0.15, 0.2) is 90.0 Å². The highest BCUT2D eigenvalue weighted by Crippen LogP contribution is 2.26. The Morgan fingerprint density at radius 3 is 2.38 bits per heavy atom. The highest BCUT2D eigenvalue weighted by atomic mass is 127. The fourth-order valence-corrected chi connectivity index (χ4v) is 3.94. The number of ether oxygens (including phenoxy) is 2. The van der Waals surface area contributed by atoms with E-state index in [0.717, 1.165) is 31.2 Å². The largest absolute Gasteiger partial charge is 0.496 e. The van der Waals surface area contributed by atoms with Crippen LogP contribution in [-0.2, 0) is 6.61 Å². The Balaban J connectivity index is 1.42. The number of amides is 1. The summed E-state index contributed by atoms with van der Waals surface area (Å²) in [5.74, 6) is 0.976. The molecular formula is C26H21IN2O3. The third kappa shape index (κ3) is 5.26. The lowest BCUT2D eigenvalue weighted by Crippen LogP contribution is -2.18. The third-order valence-corrected chi connectivity index (χ3v) is 5.73. The van der Waals surface area contributed by atoms with Crippen molar-refractivity contribution < 1.29 is 14.3 Å². The number of hydrogen-bond acceptors (Lipinski definition) is 4. The van der Waals surface area contributed by atoms with E-state index in [-0.39, 0.29) is 5.91 Å². The minimum absolute atomic E-state index is 0.332. The van der Waals surface area contributed by atoms with Crippen molar-refractivity contribution >= 4 is 45.5 Å². The minimum Gasteiger partial charge on any atom is -0.496 e. The summed E-state index contributed by atoms with van der Waals surface area (Å²) in [5.41, 5.74) is 4.98. The van der Waals surface area contributed by atoms with Crippen molar-refractivity contribution in [1.82, 2.24) is 5.43 Å². The zero-order chi connectivity index (χ0) is 22.3. The Bertz CT molecular complexity index is 1270. The summed E-state index contributed by atoms with van der Waals surface area (Å²) in [5, 5.41) is 6.08. The second-order valence-electron chi connectivity index (χ2n) is 7.06. The lowest BCUT2D eigenvalue weighted by Gasteiger charge is -2.10. The summed E-state index contributed by atoms with van der Waals surface area (Å²) in [6.45, 7) is 0.508. The van der Waals surface area contributed by atoms with Crippen LogP contribution in [0.3, 0.4) is 0 Å². The molecule has 4 aromatic rings. The van der Waals surface area contributed by atoms with Crippen LogP contribution >= 0.6 is 22.6 Å². The van der Waals surface area contributed by atoms with Gasteiger partial charge in [0.05, 0.1) is 22.5 Å². The van der Waals surface area contributed by atoms with Gasteiger partial charge in [-0.25, -0.2) is 5.43 Å². The Hall–Kier alpha value is -3.39. The Morgan fingerprint density at radius 1 is 0.938 bits per heavy atom. The van der Waals surface area contributed by atoms with E-state index in [1.54, 1.807) is 19.4 Å². The van der Waals surface area contributed by atoms with Gasteiger partial charge in [-0.1, -0.05) is 54.6 Å². The van der Waals surface area contributed by atoms with Crippen molar-refractivity contribution in [3.8, 4) is 11.5 Å². The van der Waals surface area contributed by atoms with Crippen LogP contribution in [0.2, 0.25) is 0 Å². The van der Waals surface area contributed by atoms with Crippen molar-refractivity contribution in [3.05, 3.63) is 105 Å². The number of rotatable bonds is 7. The quantitative estimate of drug-likeness (QED) is 0.185. The molecule has 0 saturated heterocycles. The first-order valence-corrected chi connectivity index (χ1v) is 11.1. The molecule has 0 aromatic heterocycles. The van der Waals surface area contributed by atoms with Gasteiger partial charge < -0.3 is 9.47 Å². The first-order chi connectivity index (χ1) is 15.6. The number of nitrogens with zero attached hydrogens (tertiary/aromatic N) is 1. The number of methoxy groups -OCH3 is 1. The summed E-state index contributed by atoms with van der Waals surface area (Å²) in [6.07, 6.45) is 1.61. The molecule has 4 rings (SSSR count). The zero-order valence-corrected chi connectivity index (χ0v) is 19.6. The lowest BCUT2D eigenvalue weighted by atomic mass is 10.1. The molecule has 160 valence electrons. The minimum atomic E-state index is -0.332. The van der Waals surface area contributed by atoms with Crippen molar-refractivity contribution in [3.63, 3.8) is 0 Å². The maximum Gasteiger partial charge on any atom is 0.275 e. The van der Waals surface area contributed by atoms with E-state index < -0.39 is 0 Å². The molecule has 0 aliphatic rings. The van der Waals surface area contributed by atoms with Gasteiger partial charge in [-0.3, -0.25) is 4.79 Å². The van der Waals surface area contributed by atoms with Crippen molar-refractivity contribution in [2.24, 2.45) is 5.10 Å². The van der Waals surface area contributed by atoms with E-state index in [0.29, 0.717) is 17.9 Å². The molecule has 1 amide bonds. The summed E-state index contributed by atoms with van der Waals surface area (Å²) >= 11 is 2.23. The summed E-state index contributed by atoms with van der Waals surface area (Å²) < 4.78 is 12.3. The van der Waals surface area contributed by atoms with Gasteiger partial charge in [0.25, 0.3) is 5.91 Å². The topological polar surface area (TPSA) is 59.9 Å². The average molecular weight is 536 g/mol. The number of hydrogen-bond donors (Lipinski definition) is 1. The number of nitrogens with one attached hydrogen (secondary N) is 1. The van der Waals surface area contributed by atoms with Gasteiger partial charge in [0, 0.05) is 0 Å². The molecule has 0 aliphatic carbocycles. The number of fused-ring (bicyclic) bond motifs is 1. The van der Waals surface area contributed by atoms with E-state index in [2.05, 4.69) is 33.1 Å². The van der Waals surface area contributed by atoms with E-state index in [4.69, 9.17) is 9.47 Å². The van der Waals surface area contributed by atoms with Crippen molar-refractivity contribution in [2.45, 2.75) is 6.61 Å². The number of carbonyl (C=O) groups is 1. The molecule has 32 heavy (non-hydrogen) atoms. The molecule has 6 heteroatoms. The predicted molar refractivity (Wildman–Crippen MR) is 135 cm³/mol. The van der Waals surface area contributed by atoms with Gasteiger partial charge in [0.1, 0.15) is 18.1 Å². The SMILES string of the molecule is COc1cc2ccccc2cc1C(=O)N/N=C\c1ccc(OCc2ccccc2)c(I)c1. The zero-order valence-electron chi connectivity index (χ0n) is 17.4. The summed E-state index contributed by atoms with van der Waals surface area (Å²) in [6, 6.07) is 27.3. The Kier molecular flexibility index (Phi) is 7.01. The standard InChI is InChI=1S/C26H21IN2O3/c1-31-25-15-21-10-6-5-9-20(21)14-22(25)26(30)29-28-16-19-11-12-24(23(27)13-19)32-17-18-7-3-2-4-8-18/h2-16H,17H2,1H3,(H,29,30)/b28-16-. The number of benzene rings is 4. The Labute approximate surface area is 200 Å². The van der Waals surface area contributed by atoms with Crippen LogP contribution < -0.4 is 14.9 Å². The van der Waals surface area contributed by atoms with Crippen LogP contribution in [0.4, 0.5) is 0 Å². The third-order valence-electron chi connectivity index (χ3n) is 4.89. The second-order valence-corrected chi connectivity index (χ2v) is 8.23. The number of hydrazone groups is 1. The molecule has 0 radical (unpaired) electrons. The maximum atomic E-state index is 12.7. The summed E-state index contributed by atoms with van der Waals surface area (Å²) in [7, 11) is 1.55. The second kappa shape index (κ2) is 10.3. The molecular weight excluding hydrogens is 515 g/mol. The summed E-state index contributed by atoms with van der Waals surface area (Å²) in [4.78, 5) is 12.7. The van der Waals surface area contributed by atoms with Gasteiger partial charge >= 0.3 is 0 Å². The molecule has 1 N–H and O–H groups in total.